The molecule has 2 amide bonds. The van der Waals surface area contributed by atoms with Crippen LogP contribution in [-0.2, 0) is 17.9 Å². The van der Waals surface area contributed by atoms with Crippen LogP contribution in [0.25, 0.3) is 0 Å². The molecule has 2 aliphatic rings. The highest BCUT2D eigenvalue weighted by atomic mass is 16.5. The van der Waals surface area contributed by atoms with Gasteiger partial charge in [0.05, 0.1) is 18.8 Å². The quantitative estimate of drug-likeness (QED) is 0.619. The van der Waals surface area contributed by atoms with Gasteiger partial charge in [0, 0.05) is 31.7 Å². The SMILES string of the molecule is Cc1ccc(C)c(C(=O)N2CCN(C(=O)c3nnn4c3COC(c3ccccc3)C4)CC2)c1. The van der Waals surface area contributed by atoms with E-state index in [1.807, 2.05) is 67.3 Å². The molecule has 0 N–H and O–H groups in total. The third-order valence-corrected chi connectivity index (χ3v) is 6.45. The molecular weight excluding hydrogens is 418 g/mol. The Morgan fingerprint density at radius 2 is 1.64 bits per heavy atom. The molecule has 5 rings (SSSR count). The lowest BCUT2D eigenvalue weighted by molar-refractivity contribution is -0.00202. The third kappa shape index (κ3) is 4.14. The number of carbonyl (C=O) groups is 2. The second kappa shape index (κ2) is 8.78. The number of fused-ring (bicyclic) bond motifs is 1. The number of hydrogen-bond acceptors (Lipinski definition) is 5. The average molecular weight is 446 g/mol. The molecule has 170 valence electrons. The Hall–Kier alpha value is -3.52. The zero-order valence-corrected chi connectivity index (χ0v) is 18.9. The first-order valence-electron chi connectivity index (χ1n) is 11.3. The molecule has 3 aromatic rings. The number of benzene rings is 2. The smallest absolute Gasteiger partial charge is 0.276 e. The van der Waals surface area contributed by atoms with Crippen molar-refractivity contribution in [2.45, 2.75) is 33.1 Å². The number of carbonyl (C=O) groups excluding carboxylic acids is 2. The van der Waals surface area contributed by atoms with E-state index in [2.05, 4.69) is 10.3 Å². The summed E-state index contributed by atoms with van der Waals surface area (Å²) in [5.41, 5.74) is 4.89. The van der Waals surface area contributed by atoms with Crippen LogP contribution in [0.5, 0.6) is 0 Å². The highest BCUT2D eigenvalue weighted by Gasteiger charge is 2.32. The lowest BCUT2D eigenvalue weighted by Gasteiger charge is -2.35. The molecule has 0 saturated carbocycles. The van der Waals surface area contributed by atoms with Gasteiger partial charge in [-0.25, -0.2) is 4.68 Å². The summed E-state index contributed by atoms with van der Waals surface area (Å²) in [5, 5.41) is 8.41. The maximum absolute atomic E-state index is 13.2. The summed E-state index contributed by atoms with van der Waals surface area (Å²) in [6.07, 6.45) is -0.108. The van der Waals surface area contributed by atoms with E-state index in [0.717, 1.165) is 22.3 Å². The summed E-state index contributed by atoms with van der Waals surface area (Å²) in [4.78, 5) is 29.7. The van der Waals surface area contributed by atoms with Gasteiger partial charge >= 0.3 is 0 Å². The van der Waals surface area contributed by atoms with Gasteiger partial charge in [0.15, 0.2) is 5.69 Å². The van der Waals surface area contributed by atoms with Crippen molar-refractivity contribution in [3.05, 3.63) is 82.2 Å². The van der Waals surface area contributed by atoms with Gasteiger partial charge in [-0.15, -0.1) is 5.10 Å². The van der Waals surface area contributed by atoms with Crippen molar-refractivity contribution in [2.24, 2.45) is 0 Å². The molecule has 2 aliphatic heterocycles. The number of aromatic nitrogens is 3. The number of nitrogens with zero attached hydrogens (tertiary/aromatic N) is 5. The molecule has 0 aliphatic carbocycles. The van der Waals surface area contributed by atoms with Crippen molar-refractivity contribution in [3.8, 4) is 0 Å². The third-order valence-electron chi connectivity index (χ3n) is 6.45. The first kappa shape index (κ1) is 21.3. The van der Waals surface area contributed by atoms with E-state index in [1.54, 1.807) is 9.58 Å². The number of piperazine rings is 1. The van der Waals surface area contributed by atoms with Gasteiger partial charge in [-0.3, -0.25) is 9.59 Å². The minimum Gasteiger partial charge on any atom is -0.365 e. The number of amides is 2. The Bertz CT molecular complexity index is 1180. The highest BCUT2D eigenvalue weighted by molar-refractivity contribution is 5.96. The van der Waals surface area contributed by atoms with Gasteiger partial charge in [-0.1, -0.05) is 53.2 Å². The van der Waals surface area contributed by atoms with Crippen LogP contribution in [0.1, 0.15) is 49.3 Å². The van der Waals surface area contributed by atoms with Crippen LogP contribution in [0.3, 0.4) is 0 Å². The summed E-state index contributed by atoms with van der Waals surface area (Å²) < 4.78 is 7.79. The molecule has 8 nitrogen and oxygen atoms in total. The van der Waals surface area contributed by atoms with E-state index in [-0.39, 0.29) is 17.9 Å². The number of aryl methyl sites for hydroxylation is 2. The fraction of sp³-hybridized carbons (Fsp3) is 0.360. The Kier molecular flexibility index (Phi) is 5.68. The van der Waals surface area contributed by atoms with E-state index in [4.69, 9.17) is 4.74 Å². The molecule has 8 heteroatoms. The zero-order valence-electron chi connectivity index (χ0n) is 18.9. The molecule has 0 radical (unpaired) electrons. The van der Waals surface area contributed by atoms with Crippen LogP contribution < -0.4 is 0 Å². The Morgan fingerprint density at radius 1 is 0.939 bits per heavy atom. The van der Waals surface area contributed by atoms with Gasteiger partial charge in [0.1, 0.15) is 6.10 Å². The molecule has 0 bridgehead atoms. The van der Waals surface area contributed by atoms with E-state index >= 15 is 0 Å². The normalized spacial score (nSPS) is 18.2. The van der Waals surface area contributed by atoms with Crippen LogP contribution in [0.4, 0.5) is 0 Å². The van der Waals surface area contributed by atoms with E-state index in [1.165, 1.54) is 0 Å². The van der Waals surface area contributed by atoms with Crippen LogP contribution in [-0.4, -0.2) is 62.8 Å². The molecular formula is C25H27N5O3. The van der Waals surface area contributed by atoms with Crippen LogP contribution >= 0.6 is 0 Å². The van der Waals surface area contributed by atoms with Crippen LogP contribution in [0.2, 0.25) is 0 Å². The molecule has 1 fully saturated rings. The first-order chi connectivity index (χ1) is 16.0. The summed E-state index contributed by atoms with van der Waals surface area (Å²) in [6.45, 7) is 6.67. The van der Waals surface area contributed by atoms with E-state index in [0.29, 0.717) is 50.7 Å². The Labute approximate surface area is 192 Å². The predicted octanol–water partition coefficient (Wildman–Crippen LogP) is 2.76. The fourth-order valence-electron chi connectivity index (χ4n) is 4.45. The van der Waals surface area contributed by atoms with Gasteiger partial charge < -0.3 is 14.5 Å². The maximum atomic E-state index is 13.2. The zero-order chi connectivity index (χ0) is 22.9. The minimum atomic E-state index is -0.156. The molecule has 1 atom stereocenters. The standard InChI is InChI=1S/C25H27N5O3/c1-17-8-9-18(2)20(14-17)24(31)28-10-12-29(13-11-28)25(32)23-21-16-33-22(15-30(21)27-26-23)19-6-4-3-5-7-19/h3-9,14,22H,10-13,15-16H2,1-2H3. The van der Waals surface area contributed by atoms with Gasteiger partial charge in [0.2, 0.25) is 0 Å². The monoisotopic (exact) mass is 445 g/mol. The van der Waals surface area contributed by atoms with Crippen LogP contribution in [0.15, 0.2) is 48.5 Å². The van der Waals surface area contributed by atoms with Gasteiger partial charge in [-0.05, 0) is 31.0 Å². The van der Waals surface area contributed by atoms with E-state index in [9.17, 15) is 9.59 Å². The number of rotatable bonds is 3. The molecule has 3 heterocycles. The Morgan fingerprint density at radius 3 is 2.36 bits per heavy atom. The largest absolute Gasteiger partial charge is 0.365 e. The predicted molar refractivity (Wildman–Crippen MR) is 122 cm³/mol. The number of hydrogen-bond donors (Lipinski definition) is 0. The van der Waals surface area contributed by atoms with Crippen molar-refractivity contribution in [1.82, 2.24) is 24.8 Å². The van der Waals surface area contributed by atoms with Crippen molar-refractivity contribution in [3.63, 3.8) is 0 Å². The molecule has 1 unspecified atom stereocenters. The van der Waals surface area contributed by atoms with Crippen molar-refractivity contribution < 1.29 is 14.3 Å². The lowest BCUT2D eigenvalue weighted by atomic mass is 10.0. The van der Waals surface area contributed by atoms with Gasteiger partial charge in [-0.2, -0.15) is 0 Å². The minimum absolute atomic E-state index is 0.0182. The van der Waals surface area contributed by atoms with E-state index < -0.39 is 0 Å². The van der Waals surface area contributed by atoms with Crippen LogP contribution in [0, 0.1) is 13.8 Å². The highest BCUT2D eigenvalue weighted by Crippen LogP contribution is 2.27. The fourth-order valence-corrected chi connectivity index (χ4v) is 4.45. The maximum Gasteiger partial charge on any atom is 0.276 e. The summed E-state index contributed by atoms with van der Waals surface area (Å²) in [7, 11) is 0. The topological polar surface area (TPSA) is 80.6 Å². The second-order valence-corrected chi connectivity index (χ2v) is 8.68. The molecule has 1 aromatic heterocycles. The summed E-state index contributed by atoms with van der Waals surface area (Å²) in [5.74, 6) is -0.137. The first-order valence-corrected chi connectivity index (χ1v) is 11.3. The van der Waals surface area contributed by atoms with Gasteiger partial charge in [0.25, 0.3) is 11.8 Å². The molecule has 0 spiro atoms. The Balaban J connectivity index is 1.24. The van der Waals surface area contributed by atoms with Crippen molar-refractivity contribution >= 4 is 11.8 Å². The molecule has 1 saturated heterocycles. The lowest BCUT2D eigenvalue weighted by Crippen LogP contribution is -2.51. The van der Waals surface area contributed by atoms with Crippen molar-refractivity contribution in [1.29, 1.82) is 0 Å². The molecule has 33 heavy (non-hydrogen) atoms. The van der Waals surface area contributed by atoms with Crippen molar-refractivity contribution in [2.75, 3.05) is 26.2 Å². The number of ether oxygens (including phenoxy) is 1. The molecule has 2 aromatic carbocycles. The summed E-state index contributed by atoms with van der Waals surface area (Å²) in [6, 6.07) is 15.9. The average Bonchev–Trinajstić information content (AvgIpc) is 3.28. The second-order valence-electron chi connectivity index (χ2n) is 8.68. The summed E-state index contributed by atoms with van der Waals surface area (Å²) >= 11 is 0.